The third kappa shape index (κ3) is 26.5. The number of aromatic nitrogens is 5. The van der Waals surface area contributed by atoms with E-state index in [2.05, 4.69) is 142 Å². The van der Waals surface area contributed by atoms with Gasteiger partial charge in [0.25, 0.3) is 0 Å². The zero-order valence-corrected chi connectivity index (χ0v) is 48.3. The highest BCUT2D eigenvalue weighted by atomic mass is 79.9. The highest BCUT2D eigenvalue weighted by Crippen LogP contribution is 2.24. The summed E-state index contributed by atoms with van der Waals surface area (Å²) in [4.78, 5) is 22.2. The second kappa shape index (κ2) is 41.7. The molecule has 8 heteroatoms. The molecule has 0 bridgehead atoms. The lowest BCUT2D eigenvalue weighted by molar-refractivity contribution is 0.621. The molecule has 12 rings (SSSR count). The van der Waals surface area contributed by atoms with Gasteiger partial charge >= 0.3 is 0 Å². The van der Waals surface area contributed by atoms with Crippen LogP contribution in [0, 0.1) is 65.0 Å². The number of nitrogens with zero attached hydrogens (tertiary/aromatic N) is 5. The first-order valence-corrected chi connectivity index (χ1v) is 28.3. The number of benzene rings is 6. The molecule has 0 spiro atoms. The van der Waals surface area contributed by atoms with Crippen LogP contribution in [-0.4, -0.2) is 24.9 Å². The minimum absolute atomic E-state index is 0. The van der Waals surface area contributed by atoms with Gasteiger partial charge in [0.05, 0.1) is 6.20 Å². The first-order chi connectivity index (χ1) is 41.9. The van der Waals surface area contributed by atoms with Gasteiger partial charge in [0.15, 0.2) is 0 Å². The molecule has 0 saturated heterocycles. The van der Waals surface area contributed by atoms with Crippen LogP contribution in [0.15, 0.2) is 302 Å². The van der Waals surface area contributed by atoms with Gasteiger partial charge in [-0.2, -0.15) is 0 Å². The first kappa shape index (κ1) is 73.0. The van der Waals surface area contributed by atoms with E-state index in [1.807, 2.05) is 225 Å². The Kier molecular flexibility index (Phi) is 33.8. The molecule has 0 amide bonds. The molecule has 0 saturated carbocycles. The predicted octanol–water partition coefficient (Wildman–Crippen LogP) is 20.5. The van der Waals surface area contributed by atoms with Crippen molar-refractivity contribution >= 4 is 33.3 Å². The summed E-state index contributed by atoms with van der Waals surface area (Å²) in [7, 11) is 0. The van der Waals surface area contributed by atoms with Gasteiger partial charge in [-0.25, -0.2) is 29.3 Å². The zero-order chi connectivity index (χ0) is 58.8. The average molecular weight is 1260 g/mol. The molecule has 6 aromatic heterocycles. The molecule has 5 nitrogen and oxygen atoms in total. The van der Waals surface area contributed by atoms with Crippen LogP contribution in [0.2, 0.25) is 0 Å². The summed E-state index contributed by atoms with van der Waals surface area (Å²) >= 11 is 5.05. The number of hydrogen-bond donors (Lipinski definition) is 0. The van der Waals surface area contributed by atoms with Crippen LogP contribution in [0.3, 0.4) is 0 Å². The summed E-state index contributed by atoms with van der Waals surface area (Å²) in [5.74, 6) is 30.0. The van der Waals surface area contributed by atoms with E-state index in [9.17, 15) is 4.39 Å². The molecule has 0 fully saturated rings. The molecule has 0 aliphatic rings. The van der Waals surface area contributed by atoms with E-state index in [0.29, 0.717) is 5.69 Å². The maximum atomic E-state index is 12.5. The molecule has 0 atom stereocenters. The van der Waals surface area contributed by atoms with Crippen LogP contribution in [0.4, 0.5) is 4.39 Å². The lowest BCUT2D eigenvalue weighted by Crippen LogP contribution is -1.84. The summed E-state index contributed by atoms with van der Waals surface area (Å²) < 4.78 is 13.5. The molecular weight excluding hydrogens is 1190 g/mol. The fourth-order valence-electron chi connectivity index (χ4n) is 7.11. The highest BCUT2D eigenvalue weighted by Gasteiger charge is 2.00. The summed E-state index contributed by atoms with van der Waals surface area (Å²) in [6.45, 7) is 3.68. The standard InChI is InChI=1S/C19H13N.C17H11NS.C15H11N.C13H8BrN.C13H8FN.5CH4/c1-3-7-16(8-4-1)11-13-19-14-12-18(15-20-19)17-9-5-2-6-10-17;1-2-5-14(6-3-1)8-10-16-11-9-15(13-18-16)17-7-4-12-19-17;1-2-13-8-10-15(16-12-13)11-9-14-6-4-3-5-7-14;2*14-12-7-9-13(15-10-12)8-6-11-4-2-1-3-5-11;;;;;/h1-10,12,14-15H;1-7,9,11-13H;2-8,10,12H,1H2;2*1-5,7,9-10H;5*1H4. The Morgan fingerprint density at radius 2 is 0.644 bits per heavy atom. The van der Waals surface area contributed by atoms with Crippen LogP contribution in [0.1, 0.15) is 99.0 Å². The first-order valence-electron chi connectivity index (χ1n) is 26.6. The molecule has 12 aromatic rings. The SMILES string of the molecule is Brc1ccc(C#Cc2ccccc2)nc1.C.C.C.C.C.C(#Cc1ccc(-c2ccccc2)cn1)c1ccccc1.C(#Cc1ccc(-c2cccs2)cn1)c1ccccc1.C=Cc1ccc(C#Cc2ccccc2)nc1.Fc1ccc(C#Cc2ccccc2)nc1. The van der Waals surface area contributed by atoms with Crippen LogP contribution in [0.5, 0.6) is 0 Å². The molecule has 0 radical (unpaired) electrons. The van der Waals surface area contributed by atoms with Crippen LogP contribution < -0.4 is 0 Å². The van der Waals surface area contributed by atoms with E-state index < -0.39 is 0 Å². The maximum absolute atomic E-state index is 12.5. The predicted molar refractivity (Wildman–Crippen MR) is 383 cm³/mol. The molecule has 6 aromatic carbocycles. The Labute approximate surface area is 546 Å². The van der Waals surface area contributed by atoms with Gasteiger partial charge in [-0.15, -0.1) is 11.3 Å². The van der Waals surface area contributed by atoms with Gasteiger partial charge in [0.2, 0.25) is 0 Å². The summed E-state index contributed by atoms with van der Waals surface area (Å²) in [6, 6.07) is 82.2. The summed E-state index contributed by atoms with van der Waals surface area (Å²) in [5.41, 5.74) is 13.1. The summed E-state index contributed by atoms with van der Waals surface area (Å²) in [6.07, 6.45) is 10.2. The van der Waals surface area contributed by atoms with Gasteiger partial charge < -0.3 is 0 Å². The Hall–Kier alpha value is -11.3. The highest BCUT2D eigenvalue weighted by molar-refractivity contribution is 9.10. The topological polar surface area (TPSA) is 64.5 Å². The number of rotatable bonds is 3. The molecule has 444 valence electrons. The van der Waals surface area contributed by atoms with Crippen molar-refractivity contribution in [1.29, 1.82) is 0 Å². The number of thiophene rings is 1. The molecule has 0 aliphatic heterocycles. The fraction of sp³-hybridized carbons (Fsp3) is 0.0610. The van der Waals surface area contributed by atoms with Crippen molar-refractivity contribution in [3.63, 3.8) is 0 Å². The smallest absolute Gasteiger partial charge is 0.141 e. The minimum atomic E-state index is -0.347. The van der Waals surface area contributed by atoms with Crippen molar-refractivity contribution in [2.24, 2.45) is 0 Å². The lowest BCUT2D eigenvalue weighted by atomic mass is 10.1. The maximum Gasteiger partial charge on any atom is 0.141 e. The van der Waals surface area contributed by atoms with Crippen molar-refractivity contribution in [1.82, 2.24) is 24.9 Å². The number of halogens is 2. The monoisotopic (exact) mass is 1260 g/mol. The van der Waals surface area contributed by atoms with Crippen LogP contribution in [-0.2, 0) is 0 Å². The Morgan fingerprint density at radius 3 is 0.944 bits per heavy atom. The molecule has 90 heavy (non-hydrogen) atoms. The largest absolute Gasteiger partial charge is 0.247 e. The Balaban J connectivity index is 0.000000291. The van der Waals surface area contributed by atoms with Gasteiger partial charge in [-0.1, -0.05) is 219 Å². The van der Waals surface area contributed by atoms with E-state index in [1.165, 1.54) is 16.5 Å². The van der Waals surface area contributed by atoms with Crippen LogP contribution in [0.25, 0.3) is 27.6 Å². The fourth-order valence-corrected chi connectivity index (χ4v) is 8.07. The van der Waals surface area contributed by atoms with Gasteiger partial charge in [-0.3, -0.25) is 0 Å². The Bertz CT molecular complexity index is 4170. The third-order valence-electron chi connectivity index (χ3n) is 11.5. The van der Waals surface area contributed by atoms with E-state index in [-0.39, 0.29) is 43.0 Å². The molecule has 6 heterocycles. The molecule has 0 aliphatic carbocycles. The molecule has 0 N–H and O–H groups in total. The molecule has 0 unspecified atom stereocenters. The Morgan fingerprint density at radius 1 is 0.311 bits per heavy atom. The molecular formula is C82H71BrFN5S. The van der Waals surface area contributed by atoms with Crippen molar-refractivity contribution < 1.29 is 4.39 Å². The van der Waals surface area contributed by atoms with E-state index in [1.54, 1.807) is 35.9 Å². The second-order valence-corrected chi connectivity index (χ2v) is 19.6. The van der Waals surface area contributed by atoms with Crippen molar-refractivity contribution in [2.75, 3.05) is 0 Å². The van der Waals surface area contributed by atoms with Crippen LogP contribution >= 0.6 is 27.3 Å². The third-order valence-corrected chi connectivity index (χ3v) is 12.8. The number of hydrogen-bond acceptors (Lipinski definition) is 6. The van der Waals surface area contributed by atoms with Gasteiger partial charge in [0, 0.05) is 73.1 Å². The van der Waals surface area contributed by atoms with Crippen molar-refractivity contribution in [2.45, 2.75) is 37.1 Å². The number of pyridine rings is 5. The average Bonchev–Trinajstić information content (AvgIpc) is 4.29. The van der Waals surface area contributed by atoms with E-state index in [4.69, 9.17) is 0 Å². The normalized spacial score (nSPS) is 8.82. The summed E-state index contributed by atoms with van der Waals surface area (Å²) in [5, 5.41) is 2.07. The van der Waals surface area contributed by atoms with Crippen molar-refractivity contribution in [3.05, 3.63) is 370 Å². The quantitative estimate of drug-likeness (QED) is 0.165. The van der Waals surface area contributed by atoms with E-state index in [0.717, 1.165) is 78.0 Å². The van der Waals surface area contributed by atoms with Crippen molar-refractivity contribution in [3.8, 4) is 80.8 Å². The lowest BCUT2D eigenvalue weighted by Gasteiger charge is -2.00. The second-order valence-electron chi connectivity index (χ2n) is 17.7. The van der Waals surface area contributed by atoms with E-state index >= 15 is 0 Å². The van der Waals surface area contributed by atoms with Gasteiger partial charge in [-0.05, 0) is 177 Å². The minimum Gasteiger partial charge on any atom is -0.247 e. The van der Waals surface area contributed by atoms with Gasteiger partial charge in [0.1, 0.15) is 34.3 Å². The zero-order valence-electron chi connectivity index (χ0n) is 45.9.